The highest BCUT2D eigenvalue weighted by molar-refractivity contribution is 6.02. The molecule has 0 bridgehead atoms. The van der Waals surface area contributed by atoms with Crippen LogP contribution in [0.5, 0.6) is 11.5 Å². The Balaban J connectivity index is 1.93. The number of benzene rings is 1. The van der Waals surface area contributed by atoms with Gasteiger partial charge >= 0.3 is 5.97 Å². The molecule has 0 atom stereocenters. The molecule has 6 heteroatoms. The molecule has 0 saturated heterocycles. The van der Waals surface area contributed by atoms with Crippen LogP contribution >= 0.6 is 0 Å². The summed E-state index contributed by atoms with van der Waals surface area (Å²) in [5.74, 6) is 0.241. The summed E-state index contributed by atoms with van der Waals surface area (Å²) in [4.78, 5) is 22.6. The molecule has 2 rings (SSSR count). The zero-order valence-electron chi connectivity index (χ0n) is 9.89. The van der Waals surface area contributed by atoms with Crippen LogP contribution in [0.15, 0.2) is 18.2 Å². The number of rotatable bonds is 4. The first-order valence-electron chi connectivity index (χ1n) is 5.54. The van der Waals surface area contributed by atoms with Gasteiger partial charge in [0.15, 0.2) is 11.5 Å². The molecule has 1 heterocycles. The Morgan fingerprint density at radius 1 is 1.33 bits per heavy atom. The third-order valence-electron chi connectivity index (χ3n) is 2.27. The number of hydrogen-bond acceptors (Lipinski definition) is 5. The first-order chi connectivity index (χ1) is 8.69. The normalized spacial score (nSPS) is 12.1. The summed E-state index contributed by atoms with van der Waals surface area (Å²) in [5, 5.41) is 2.59. The summed E-state index contributed by atoms with van der Waals surface area (Å²) in [7, 11) is 0. The van der Waals surface area contributed by atoms with Gasteiger partial charge in [0.1, 0.15) is 6.42 Å². The maximum atomic E-state index is 11.5. The molecule has 1 aromatic rings. The fourth-order valence-corrected chi connectivity index (χ4v) is 1.52. The maximum absolute atomic E-state index is 11.5. The van der Waals surface area contributed by atoms with Gasteiger partial charge in [-0.15, -0.1) is 0 Å². The number of fused-ring (bicyclic) bond motifs is 1. The largest absolute Gasteiger partial charge is 0.466 e. The van der Waals surface area contributed by atoms with Crippen molar-refractivity contribution >= 4 is 17.6 Å². The number of carbonyl (C=O) groups excluding carboxylic acids is 2. The van der Waals surface area contributed by atoms with E-state index in [0.29, 0.717) is 17.2 Å². The summed E-state index contributed by atoms with van der Waals surface area (Å²) in [6.07, 6.45) is -0.303. The standard InChI is InChI=1S/C12H13NO5/c1-2-16-12(15)6-11(14)13-8-3-4-9-10(5-8)18-7-17-9/h3-5H,2,6-7H2,1H3,(H,13,14). The average molecular weight is 251 g/mol. The highest BCUT2D eigenvalue weighted by Gasteiger charge is 2.15. The summed E-state index contributed by atoms with van der Waals surface area (Å²) >= 11 is 0. The van der Waals surface area contributed by atoms with Crippen molar-refractivity contribution in [3.63, 3.8) is 0 Å². The van der Waals surface area contributed by atoms with E-state index in [-0.39, 0.29) is 19.8 Å². The molecule has 6 nitrogen and oxygen atoms in total. The zero-order chi connectivity index (χ0) is 13.0. The Hall–Kier alpha value is -2.24. The van der Waals surface area contributed by atoms with Gasteiger partial charge in [-0.25, -0.2) is 0 Å². The molecular weight excluding hydrogens is 238 g/mol. The first kappa shape index (κ1) is 12.2. The van der Waals surface area contributed by atoms with Crippen molar-refractivity contribution in [2.24, 2.45) is 0 Å². The third kappa shape index (κ3) is 2.91. The molecule has 0 aromatic heterocycles. The predicted octanol–water partition coefficient (Wildman–Crippen LogP) is 1.31. The van der Waals surface area contributed by atoms with Crippen molar-refractivity contribution in [3.8, 4) is 11.5 Å². The summed E-state index contributed by atoms with van der Waals surface area (Å²) in [5.41, 5.74) is 0.550. The van der Waals surface area contributed by atoms with Crippen molar-refractivity contribution in [1.82, 2.24) is 0 Å². The summed E-state index contributed by atoms with van der Waals surface area (Å²) in [6, 6.07) is 5.02. The minimum absolute atomic E-state index is 0.176. The Bertz CT molecular complexity index is 472. The Kier molecular flexibility index (Phi) is 3.66. The van der Waals surface area contributed by atoms with Gasteiger partial charge in [-0.2, -0.15) is 0 Å². The Labute approximate surface area is 104 Å². The predicted molar refractivity (Wildman–Crippen MR) is 62.4 cm³/mol. The number of amides is 1. The molecule has 1 aliphatic heterocycles. The molecule has 1 aromatic carbocycles. The molecule has 0 radical (unpaired) electrons. The van der Waals surface area contributed by atoms with Gasteiger partial charge in [0, 0.05) is 11.8 Å². The lowest BCUT2D eigenvalue weighted by Crippen LogP contribution is -2.18. The molecule has 0 saturated carbocycles. The molecule has 18 heavy (non-hydrogen) atoms. The van der Waals surface area contributed by atoms with Crippen LogP contribution in [0.4, 0.5) is 5.69 Å². The minimum atomic E-state index is -0.546. The Morgan fingerprint density at radius 2 is 2.11 bits per heavy atom. The number of carbonyl (C=O) groups is 2. The fraction of sp³-hybridized carbons (Fsp3) is 0.333. The monoisotopic (exact) mass is 251 g/mol. The molecule has 1 aliphatic rings. The van der Waals surface area contributed by atoms with Crippen LogP contribution in [0, 0.1) is 0 Å². The van der Waals surface area contributed by atoms with Gasteiger partial charge in [0.05, 0.1) is 6.61 Å². The molecule has 0 spiro atoms. The van der Waals surface area contributed by atoms with Crippen LogP contribution in [0.1, 0.15) is 13.3 Å². The number of anilines is 1. The molecule has 1 N–H and O–H groups in total. The maximum Gasteiger partial charge on any atom is 0.315 e. The number of hydrogen-bond donors (Lipinski definition) is 1. The summed E-state index contributed by atoms with van der Waals surface area (Å²) < 4.78 is 15.0. The van der Waals surface area contributed by atoms with Crippen LogP contribution in [0.25, 0.3) is 0 Å². The molecule has 96 valence electrons. The van der Waals surface area contributed by atoms with E-state index in [0.717, 1.165) is 0 Å². The number of nitrogens with one attached hydrogen (secondary N) is 1. The fourth-order valence-electron chi connectivity index (χ4n) is 1.52. The zero-order valence-corrected chi connectivity index (χ0v) is 9.89. The van der Waals surface area contributed by atoms with Gasteiger partial charge in [0.25, 0.3) is 0 Å². The first-order valence-corrected chi connectivity index (χ1v) is 5.54. The Morgan fingerprint density at radius 3 is 2.89 bits per heavy atom. The molecule has 0 aliphatic carbocycles. The summed E-state index contributed by atoms with van der Waals surface area (Å²) in [6.45, 7) is 2.12. The average Bonchev–Trinajstić information content (AvgIpc) is 2.76. The minimum Gasteiger partial charge on any atom is -0.466 e. The highest BCUT2D eigenvalue weighted by atomic mass is 16.7. The second-order valence-corrected chi connectivity index (χ2v) is 3.60. The van der Waals surface area contributed by atoms with Gasteiger partial charge in [-0.3, -0.25) is 9.59 Å². The van der Waals surface area contributed by atoms with Gasteiger partial charge in [0.2, 0.25) is 12.7 Å². The second kappa shape index (κ2) is 5.39. The molecule has 0 fully saturated rings. The van der Waals surface area contributed by atoms with Gasteiger partial charge in [-0.05, 0) is 19.1 Å². The lowest BCUT2D eigenvalue weighted by Gasteiger charge is -2.05. The lowest BCUT2D eigenvalue weighted by molar-refractivity contribution is -0.145. The molecular formula is C12H13NO5. The number of ether oxygens (including phenoxy) is 3. The van der Waals surface area contributed by atoms with Crippen molar-refractivity contribution in [1.29, 1.82) is 0 Å². The van der Waals surface area contributed by atoms with E-state index in [1.54, 1.807) is 25.1 Å². The quantitative estimate of drug-likeness (QED) is 0.645. The van der Waals surface area contributed by atoms with Crippen LogP contribution in [-0.2, 0) is 14.3 Å². The highest BCUT2D eigenvalue weighted by Crippen LogP contribution is 2.34. The van der Waals surface area contributed by atoms with E-state index in [1.165, 1.54) is 0 Å². The third-order valence-corrected chi connectivity index (χ3v) is 2.27. The SMILES string of the molecule is CCOC(=O)CC(=O)Nc1ccc2c(c1)OCO2. The van der Waals surface area contributed by atoms with Crippen LogP contribution in [-0.4, -0.2) is 25.3 Å². The van der Waals surface area contributed by atoms with Crippen LogP contribution in [0.3, 0.4) is 0 Å². The van der Waals surface area contributed by atoms with Crippen molar-refractivity contribution < 1.29 is 23.8 Å². The van der Waals surface area contributed by atoms with Crippen molar-refractivity contribution in [2.45, 2.75) is 13.3 Å². The van der Waals surface area contributed by atoms with E-state index in [1.807, 2.05) is 0 Å². The van der Waals surface area contributed by atoms with Crippen LogP contribution < -0.4 is 14.8 Å². The van der Waals surface area contributed by atoms with Crippen molar-refractivity contribution in [2.75, 3.05) is 18.7 Å². The van der Waals surface area contributed by atoms with Gasteiger partial charge in [-0.1, -0.05) is 0 Å². The van der Waals surface area contributed by atoms with E-state index in [9.17, 15) is 9.59 Å². The number of esters is 1. The van der Waals surface area contributed by atoms with E-state index >= 15 is 0 Å². The molecule has 0 unspecified atom stereocenters. The topological polar surface area (TPSA) is 73.9 Å². The van der Waals surface area contributed by atoms with Gasteiger partial charge < -0.3 is 19.5 Å². The van der Waals surface area contributed by atoms with Crippen molar-refractivity contribution in [3.05, 3.63) is 18.2 Å². The smallest absolute Gasteiger partial charge is 0.315 e. The lowest BCUT2D eigenvalue weighted by atomic mass is 10.2. The second-order valence-electron chi connectivity index (χ2n) is 3.60. The molecule has 1 amide bonds. The van der Waals surface area contributed by atoms with Crippen LogP contribution in [0.2, 0.25) is 0 Å². The van der Waals surface area contributed by atoms with E-state index in [4.69, 9.17) is 9.47 Å². The van der Waals surface area contributed by atoms with E-state index < -0.39 is 11.9 Å². The van der Waals surface area contributed by atoms with E-state index in [2.05, 4.69) is 10.1 Å².